The maximum atomic E-state index is 12.3. The molecule has 0 saturated carbocycles. The monoisotopic (exact) mass is 343 g/mol. The second kappa shape index (κ2) is 6.77. The van der Waals surface area contributed by atoms with Crippen LogP contribution >= 0.6 is 11.3 Å². The van der Waals surface area contributed by atoms with Gasteiger partial charge in [-0.25, -0.2) is 0 Å². The first-order valence-electron chi connectivity index (χ1n) is 8.02. The Kier molecular flexibility index (Phi) is 4.71. The molecule has 0 saturated heterocycles. The number of Topliss-reactive ketones (excluding diaryl/α,β-unsaturated/α-hetero) is 1. The molecule has 1 aliphatic carbocycles. The fourth-order valence-corrected chi connectivity index (χ4v) is 3.88. The highest BCUT2D eigenvalue weighted by Crippen LogP contribution is 2.40. The Morgan fingerprint density at radius 1 is 1.38 bits per heavy atom. The number of fused-ring (bicyclic) bond motifs is 1. The molecular weight excluding hydrogens is 322 g/mol. The van der Waals surface area contributed by atoms with E-state index in [1.807, 2.05) is 29.8 Å². The van der Waals surface area contributed by atoms with Crippen molar-refractivity contribution in [2.45, 2.75) is 32.7 Å². The molecule has 1 atom stereocenters. The van der Waals surface area contributed by atoms with Gasteiger partial charge in [-0.15, -0.1) is 0 Å². The highest BCUT2D eigenvalue weighted by atomic mass is 32.1. The van der Waals surface area contributed by atoms with E-state index in [1.54, 1.807) is 29.4 Å². The Morgan fingerprint density at radius 2 is 2.17 bits per heavy atom. The van der Waals surface area contributed by atoms with Gasteiger partial charge in [-0.2, -0.15) is 11.3 Å². The van der Waals surface area contributed by atoms with Gasteiger partial charge >= 0.3 is 0 Å². The number of likely N-dealkylation sites (N-methyl/N-ethyl adjacent to an activating group) is 1. The van der Waals surface area contributed by atoms with Crippen molar-refractivity contribution in [2.75, 3.05) is 13.7 Å². The highest BCUT2D eigenvalue weighted by Gasteiger charge is 2.31. The number of thiophene rings is 1. The molecule has 0 fully saturated rings. The van der Waals surface area contributed by atoms with E-state index in [0.29, 0.717) is 24.3 Å². The number of carbonyl (C=O) groups excluding carboxylic acids is 2. The Morgan fingerprint density at radius 3 is 2.88 bits per heavy atom. The normalized spacial score (nSPS) is 16.1. The molecule has 1 aliphatic rings. The van der Waals surface area contributed by atoms with Gasteiger partial charge in [-0.1, -0.05) is 13.0 Å². The number of hydrogen-bond acceptors (Lipinski definition) is 4. The molecule has 1 heterocycles. The molecule has 5 heteroatoms. The fourth-order valence-electron chi connectivity index (χ4n) is 3.22. The van der Waals surface area contributed by atoms with E-state index in [9.17, 15) is 9.59 Å². The molecule has 0 N–H and O–H groups in total. The SMILES string of the molecule is Cc1ccc(OCC(=O)N(C)Cc2ccsc2)c2c1C(C)CC2=O. The van der Waals surface area contributed by atoms with Crippen molar-refractivity contribution in [3.05, 3.63) is 51.2 Å². The predicted octanol–water partition coefficient (Wildman–Crippen LogP) is 3.78. The number of aryl methyl sites for hydroxylation is 1. The number of nitrogens with zero attached hydrogens (tertiary/aromatic N) is 1. The van der Waals surface area contributed by atoms with E-state index < -0.39 is 0 Å². The van der Waals surface area contributed by atoms with Crippen LogP contribution in [0.2, 0.25) is 0 Å². The lowest BCUT2D eigenvalue weighted by Crippen LogP contribution is -2.31. The molecule has 0 spiro atoms. The Labute approximate surface area is 146 Å². The second-order valence-corrected chi connectivity index (χ2v) is 7.15. The van der Waals surface area contributed by atoms with Crippen LogP contribution in [0.15, 0.2) is 29.0 Å². The third-order valence-electron chi connectivity index (χ3n) is 4.47. The number of ether oxygens (including phenoxy) is 1. The molecule has 1 aromatic carbocycles. The third kappa shape index (κ3) is 3.22. The molecule has 0 radical (unpaired) electrons. The van der Waals surface area contributed by atoms with Crippen molar-refractivity contribution in [2.24, 2.45) is 0 Å². The van der Waals surface area contributed by atoms with E-state index in [4.69, 9.17) is 4.74 Å². The Balaban J connectivity index is 1.69. The molecular formula is C19H21NO3S. The zero-order valence-corrected chi connectivity index (χ0v) is 15.0. The summed E-state index contributed by atoms with van der Waals surface area (Å²) in [5.74, 6) is 0.750. The number of amides is 1. The second-order valence-electron chi connectivity index (χ2n) is 6.37. The zero-order chi connectivity index (χ0) is 17.3. The summed E-state index contributed by atoms with van der Waals surface area (Å²) in [5.41, 5.74) is 3.94. The highest BCUT2D eigenvalue weighted by molar-refractivity contribution is 7.07. The lowest BCUT2D eigenvalue weighted by atomic mass is 9.97. The summed E-state index contributed by atoms with van der Waals surface area (Å²) in [6.07, 6.45) is 0.516. The van der Waals surface area contributed by atoms with Crippen LogP contribution in [0.5, 0.6) is 5.75 Å². The first-order valence-corrected chi connectivity index (χ1v) is 8.96. The van der Waals surface area contributed by atoms with E-state index in [2.05, 4.69) is 6.92 Å². The predicted molar refractivity (Wildman–Crippen MR) is 94.8 cm³/mol. The molecule has 0 bridgehead atoms. The van der Waals surface area contributed by atoms with E-state index in [1.165, 1.54) is 0 Å². The van der Waals surface area contributed by atoms with Crippen molar-refractivity contribution in [3.63, 3.8) is 0 Å². The van der Waals surface area contributed by atoms with Crippen molar-refractivity contribution in [1.82, 2.24) is 4.90 Å². The molecule has 2 aromatic rings. The number of hydrogen-bond donors (Lipinski definition) is 0. The number of benzene rings is 1. The lowest BCUT2D eigenvalue weighted by molar-refractivity contribution is -0.132. The zero-order valence-electron chi connectivity index (χ0n) is 14.2. The summed E-state index contributed by atoms with van der Waals surface area (Å²) in [6, 6.07) is 5.77. The fraction of sp³-hybridized carbons (Fsp3) is 0.368. The molecule has 126 valence electrons. The summed E-state index contributed by atoms with van der Waals surface area (Å²) >= 11 is 1.61. The van der Waals surface area contributed by atoms with Gasteiger partial charge < -0.3 is 9.64 Å². The van der Waals surface area contributed by atoms with Crippen LogP contribution in [0.25, 0.3) is 0 Å². The number of carbonyl (C=O) groups is 2. The average molecular weight is 343 g/mol. The van der Waals surface area contributed by atoms with Gasteiger partial charge in [0, 0.05) is 20.0 Å². The molecule has 1 amide bonds. The largest absolute Gasteiger partial charge is 0.483 e. The van der Waals surface area contributed by atoms with Gasteiger partial charge in [0.25, 0.3) is 5.91 Å². The maximum Gasteiger partial charge on any atom is 0.260 e. The maximum absolute atomic E-state index is 12.3. The summed E-state index contributed by atoms with van der Waals surface area (Å²) < 4.78 is 5.72. The molecule has 0 aliphatic heterocycles. The minimum absolute atomic E-state index is 0.0577. The van der Waals surface area contributed by atoms with Crippen molar-refractivity contribution < 1.29 is 14.3 Å². The summed E-state index contributed by atoms with van der Waals surface area (Å²) in [7, 11) is 1.76. The van der Waals surface area contributed by atoms with Crippen LogP contribution in [0.1, 0.15) is 46.3 Å². The first-order chi connectivity index (χ1) is 11.5. The number of ketones is 1. The van der Waals surface area contributed by atoms with Crippen LogP contribution in [0.3, 0.4) is 0 Å². The van der Waals surface area contributed by atoms with E-state index in [0.717, 1.165) is 16.7 Å². The Bertz CT molecular complexity index is 767. The van der Waals surface area contributed by atoms with Crippen LogP contribution < -0.4 is 4.74 Å². The van der Waals surface area contributed by atoms with Gasteiger partial charge in [-0.3, -0.25) is 9.59 Å². The standard InChI is InChI=1S/C19H21NO3S/c1-12-4-5-16(19-15(21)8-13(2)18(12)19)23-10-17(22)20(3)9-14-6-7-24-11-14/h4-7,11,13H,8-10H2,1-3H3. The van der Waals surface area contributed by atoms with Crippen molar-refractivity contribution in [3.8, 4) is 5.75 Å². The van der Waals surface area contributed by atoms with Crippen LogP contribution in [-0.4, -0.2) is 30.2 Å². The van der Waals surface area contributed by atoms with Gasteiger partial charge in [0.05, 0.1) is 5.56 Å². The summed E-state index contributed by atoms with van der Waals surface area (Å²) in [6.45, 7) is 4.57. The smallest absolute Gasteiger partial charge is 0.260 e. The van der Waals surface area contributed by atoms with Crippen LogP contribution in [0.4, 0.5) is 0 Å². The lowest BCUT2D eigenvalue weighted by Gasteiger charge is -2.18. The molecule has 1 unspecified atom stereocenters. The first kappa shape index (κ1) is 16.7. The quantitative estimate of drug-likeness (QED) is 0.830. The van der Waals surface area contributed by atoms with Crippen molar-refractivity contribution in [1.29, 1.82) is 0 Å². The van der Waals surface area contributed by atoms with E-state index >= 15 is 0 Å². The van der Waals surface area contributed by atoms with Crippen molar-refractivity contribution >= 4 is 23.0 Å². The van der Waals surface area contributed by atoms with Gasteiger partial charge in [-0.05, 0) is 52.4 Å². The van der Waals surface area contributed by atoms with Gasteiger partial charge in [0.2, 0.25) is 0 Å². The summed E-state index contributed by atoms with van der Waals surface area (Å²) in [5, 5.41) is 4.02. The average Bonchev–Trinajstić information content (AvgIpc) is 3.15. The molecule has 1 aromatic heterocycles. The van der Waals surface area contributed by atoms with Gasteiger partial charge in [0.1, 0.15) is 5.75 Å². The minimum atomic E-state index is -0.103. The van der Waals surface area contributed by atoms with Gasteiger partial charge in [0.15, 0.2) is 12.4 Å². The third-order valence-corrected chi connectivity index (χ3v) is 5.20. The van der Waals surface area contributed by atoms with Crippen LogP contribution in [0, 0.1) is 6.92 Å². The minimum Gasteiger partial charge on any atom is -0.483 e. The Hall–Kier alpha value is -2.14. The van der Waals surface area contributed by atoms with Crippen LogP contribution in [-0.2, 0) is 11.3 Å². The topological polar surface area (TPSA) is 46.6 Å². The molecule has 4 nitrogen and oxygen atoms in total. The van der Waals surface area contributed by atoms with E-state index in [-0.39, 0.29) is 24.2 Å². The molecule has 3 rings (SSSR count). The summed E-state index contributed by atoms with van der Waals surface area (Å²) in [4.78, 5) is 26.2. The number of rotatable bonds is 5. The molecule has 24 heavy (non-hydrogen) atoms.